The van der Waals surface area contributed by atoms with E-state index in [2.05, 4.69) is 13.0 Å². The Balaban J connectivity index is 1.60. The van der Waals surface area contributed by atoms with Crippen LogP contribution in [-0.2, 0) is 36.0 Å². The molecule has 1 fully saturated rings. The summed E-state index contributed by atoms with van der Waals surface area (Å²) in [5, 5.41) is 9.39. The fraction of sp³-hybridized carbons (Fsp3) is 0.370. The number of carbonyl (C=O) groups excluding carboxylic acids is 1. The SMILES string of the molecule is CCCc1c(Cc2ccc(-c3ccccc3C#N)cc2)c(=O)n(C)n1CC(=O)N1CCOCC1. The van der Waals surface area contributed by atoms with Crippen LogP contribution in [-0.4, -0.2) is 46.5 Å². The molecule has 0 unspecified atom stereocenters. The summed E-state index contributed by atoms with van der Waals surface area (Å²) in [5.41, 5.74) is 5.13. The van der Waals surface area contributed by atoms with Gasteiger partial charge in [-0.05, 0) is 29.2 Å². The van der Waals surface area contributed by atoms with E-state index in [9.17, 15) is 14.9 Å². The Morgan fingerprint density at radius 2 is 1.79 bits per heavy atom. The third-order valence-corrected chi connectivity index (χ3v) is 6.40. The van der Waals surface area contributed by atoms with Crippen molar-refractivity contribution in [1.29, 1.82) is 5.26 Å². The van der Waals surface area contributed by atoms with Gasteiger partial charge < -0.3 is 9.64 Å². The van der Waals surface area contributed by atoms with Gasteiger partial charge in [0.15, 0.2) is 0 Å². The molecule has 0 saturated carbocycles. The van der Waals surface area contributed by atoms with Crippen LogP contribution in [0.2, 0.25) is 0 Å². The van der Waals surface area contributed by atoms with Crippen LogP contribution in [0.4, 0.5) is 0 Å². The first-order valence-corrected chi connectivity index (χ1v) is 11.7. The largest absolute Gasteiger partial charge is 0.378 e. The van der Waals surface area contributed by atoms with E-state index in [1.807, 2.05) is 53.2 Å². The predicted octanol–water partition coefficient (Wildman–Crippen LogP) is 3.13. The molecular formula is C27H30N4O3. The molecule has 0 aliphatic carbocycles. The third kappa shape index (κ3) is 4.82. The Morgan fingerprint density at radius 3 is 2.47 bits per heavy atom. The zero-order valence-corrected chi connectivity index (χ0v) is 19.8. The summed E-state index contributed by atoms with van der Waals surface area (Å²) in [6.07, 6.45) is 2.11. The van der Waals surface area contributed by atoms with Crippen molar-refractivity contribution >= 4 is 5.91 Å². The van der Waals surface area contributed by atoms with Gasteiger partial charge in [0.2, 0.25) is 5.91 Å². The van der Waals surface area contributed by atoms with E-state index < -0.39 is 0 Å². The number of hydrogen-bond donors (Lipinski definition) is 0. The van der Waals surface area contributed by atoms with E-state index in [1.165, 1.54) is 0 Å². The molecule has 34 heavy (non-hydrogen) atoms. The number of rotatable bonds is 7. The average molecular weight is 459 g/mol. The molecule has 176 valence electrons. The number of benzene rings is 2. The lowest BCUT2D eigenvalue weighted by molar-refractivity contribution is -0.136. The van der Waals surface area contributed by atoms with Crippen molar-refractivity contribution in [3.05, 3.63) is 81.3 Å². The molecule has 0 bridgehead atoms. The molecule has 1 amide bonds. The van der Waals surface area contributed by atoms with Gasteiger partial charge in [-0.1, -0.05) is 55.8 Å². The highest BCUT2D eigenvalue weighted by atomic mass is 16.5. The Bertz CT molecular complexity index is 1260. The lowest BCUT2D eigenvalue weighted by Crippen LogP contribution is -2.43. The summed E-state index contributed by atoms with van der Waals surface area (Å²) in [5.74, 6) is 0.0123. The van der Waals surface area contributed by atoms with Gasteiger partial charge in [0.1, 0.15) is 6.54 Å². The van der Waals surface area contributed by atoms with E-state index in [-0.39, 0.29) is 18.0 Å². The number of ether oxygens (including phenoxy) is 1. The van der Waals surface area contributed by atoms with Gasteiger partial charge in [0, 0.05) is 37.8 Å². The number of amides is 1. The summed E-state index contributed by atoms with van der Waals surface area (Å²) in [4.78, 5) is 27.9. The minimum absolute atomic E-state index is 0.0123. The monoisotopic (exact) mass is 458 g/mol. The van der Waals surface area contributed by atoms with Crippen molar-refractivity contribution in [1.82, 2.24) is 14.3 Å². The molecule has 0 radical (unpaired) electrons. The smallest absolute Gasteiger partial charge is 0.270 e. The van der Waals surface area contributed by atoms with Crippen LogP contribution in [0.1, 0.15) is 35.7 Å². The molecule has 2 heterocycles. The number of nitriles is 1. The fourth-order valence-corrected chi connectivity index (χ4v) is 4.54. The molecule has 4 rings (SSSR count). The summed E-state index contributed by atoms with van der Waals surface area (Å²) in [7, 11) is 1.74. The van der Waals surface area contributed by atoms with Gasteiger partial charge >= 0.3 is 0 Å². The highest BCUT2D eigenvalue weighted by Gasteiger charge is 2.23. The number of hydrogen-bond acceptors (Lipinski definition) is 4. The third-order valence-electron chi connectivity index (χ3n) is 6.40. The van der Waals surface area contributed by atoms with E-state index in [1.54, 1.807) is 16.6 Å². The Hall–Kier alpha value is -3.63. The van der Waals surface area contributed by atoms with Crippen molar-refractivity contribution in [2.45, 2.75) is 32.7 Å². The quantitative estimate of drug-likeness (QED) is 0.545. The molecule has 1 saturated heterocycles. The number of aromatic nitrogens is 2. The first-order chi connectivity index (χ1) is 16.5. The Morgan fingerprint density at radius 1 is 1.09 bits per heavy atom. The minimum Gasteiger partial charge on any atom is -0.378 e. The molecule has 2 aromatic carbocycles. The zero-order valence-electron chi connectivity index (χ0n) is 19.8. The summed E-state index contributed by atoms with van der Waals surface area (Å²) >= 11 is 0. The molecule has 0 N–H and O–H groups in total. The van der Waals surface area contributed by atoms with E-state index in [4.69, 9.17) is 4.74 Å². The Kier molecular flexibility index (Phi) is 7.29. The van der Waals surface area contributed by atoms with Crippen molar-refractivity contribution in [3.63, 3.8) is 0 Å². The van der Waals surface area contributed by atoms with Crippen molar-refractivity contribution in [3.8, 4) is 17.2 Å². The van der Waals surface area contributed by atoms with Crippen LogP contribution in [0.15, 0.2) is 53.3 Å². The first kappa shape index (κ1) is 23.5. The maximum atomic E-state index is 13.2. The van der Waals surface area contributed by atoms with Crippen molar-refractivity contribution in [2.75, 3.05) is 26.3 Å². The van der Waals surface area contributed by atoms with Crippen LogP contribution >= 0.6 is 0 Å². The topological polar surface area (TPSA) is 80.3 Å². The summed E-state index contributed by atoms with van der Waals surface area (Å²) < 4.78 is 8.78. The average Bonchev–Trinajstić information content (AvgIpc) is 3.09. The highest BCUT2D eigenvalue weighted by Crippen LogP contribution is 2.24. The predicted molar refractivity (Wildman–Crippen MR) is 130 cm³/mol. The lowest BCUT2D eigenvalue weighted by atomic mass is 9.97. The number of nitrogens with zero attached hydrogens (tertiary/aromatic N) is 4. The molecule has 1 aliphatic rings. The van der Waals surface area contributed by atoms with Crippen LogP contribution < -0.4 is 5.56 Å². The molecule has 3 aromatic rings. The second-order valence-electron chi connectivity index (χ2n) is 8.59. The maximum Gasteiger partial charge on any atom is 0.270 e. The van der Waals surface area contributed by atoms with Gasteiger partial charge in [0.05, 0.1) is 24.8 Å². The lowest BCUT2D eigenvalue weighted by Gasteiger charge is -2.27. The molecule has 7 heteroatoms. The zero-order chi connectivity index (χ0) is 24.1. The normalized spacial score (nSPS) is 13.6. The molecular weight excluding hydrogens is 428 g/mol. The molecule has 7 nitrogen and oxygen atoms in total. The van der Waals surface area contributed by atoms with Gasteiger partial charge in [0.25, 0.3) is 5.56 Å². The van der Waals surface area contributed by atoms with Crippen LogP contribution in [0.5, 0.6) is 0 Å². The Labute approximate surface area is 199 Å². The number of carbonyl (C=O) groups is 1. The van der Waals surface area contributed by atoms with E-state index in [0.717, 1.165) is 40.8 Å². The molecule has 0 atom stereocenters. The molecule has 1 aliphatic heterocycles. The minimum atomic E-state index is -0.0582. The second-order valence-corrected chi connectivity index (χ2v) is 8.59. The van der Waals surface area contributed by atoms with Crippen molar-refractivity contribution in [2.24, 2.45) is 7.05 Å². The van der Waals surface area contributed by atoms with Crippen LogP contribution in [0.3, 0.4) is 0 Å². The van der Waals surface area contributed by atoms with E-state index in [0.29, 0.717) is 38.3 Å². The fourth-order valence-electron chi connectivity index (χ4n) is 4.54. The van der Waals surface area contributed by atoms with Crippen LogP contribution in [0.25, 0.3) is 11.1 Å². The van der Waals surface area contributed by atoms with Gasteiger partial charge in [-0.3, -0.25) is 19.0 Å². The van der Waals surface area contributed by atoms with Crippen molar-refractivity contribution < 1.29 is 9.53 Å². The summed E-state index contributed by atoms with van der Waals surface area (Å²) in [6, 6.07) is 17.8. The first-order valence-electron chi connectivity index (χ1n) is 11.7. The van der Waals surface area contributed by atoms with Gasteiger partial charge in [-0.25, -0.2) is 0 Å². The van der Waals surface area contributed by atoms with Gasteiger partial charge in [-0.15, -0.1) is 0 Å². The molecule has 1 aromatic heterocycles. The second kappa shape index (κ2) is 10.5. The highest BCUT2D eigenvalue weighted by molar-refractivity contribution is 5.76. The molecule has 0 spiro atoms. The number of morpholine rings is 1. The van der Waals surface area contributed by atoms with Crippen LogP contribution in [0, 0.1) is 11.3 Å². The maximum absolute atomic E-state index is 13.2. The summed E-state index contributed by atoms with van der Waals surface area (Å²) in [6.45, 7) is 4.52. The van der Waals surface area contributed by atoms with E-state index >= 15 is 0 Å². The van der Waals surface area contributed by atoms with Gasteiger partial charge in [-0.2, -0.15) is 5.26 Å². The standard InChI is InChI=1S/C27H30N4O3/c1-3-6-25-24(27(33)29(2)31(25)19-26(32)30-13-15-34-16-14-30)17-20-9-11-21(12-10-20)23-8-5-4-7-22(23)18-28/h4-5,7-12H,3,6,13-17,19H2,1-2H3.